The lowest BCUT2D eigenvalue weighted by atomic mass is 10.2. The molecule has 2 aromatic rings. The second-order valence-corrected chi connectivity index (χ2v) is 3.60. The fourth-order valence-corrected chi connectivity index (χ4v) is 1.65. The average Bonchev–Trinajstić information content (AvgIpc) is 2.81. The third kappa shape index (κ3) is 1.92. The molecule has 0 atom stereocenters. The van der Waals surface area contributed by atoms with Crippen molar-refractivity contribution in [2.75, 3.05) is 7.05 Å². The van der Waals surface area contributed by atoms with Crippen molar-refractivity contribution in [3.63, 3.8) is 0 Å². The molecule has 0 saturated carbocycles. The highest BCUT2D eigenvalue weighted by Gasteiger charge is 2.09. The van der Waals surface area contributed by atoms with Gasteiger partial charge in [0.25, 0.3) is 5.91 Å². The summed E-state index contributed by atoms with van der Waals surface area (Å²) in [6.07, 6.45) is 3.49. The summed E-state index contributed by atoms with van der Waals surface area (Å²) in [5.74, 6) is -0.197. The standard InChI is InChI=1S/C11H10ClN3O/c1-13-11(16)9-4-3-8(7-10(9)12)15-6-2-5-14-15/h2-7H,1H3,(H,13,16). The number of hydrogen-bond acceptors (Lipinski definition) is 2. The maximum atomic E-state index is 11.4. The summed E-state index contributed by atoms with van der Waals surface area (Å²) in [6.45, 7) is 0. The number of carbonyl (C=O) groups excluding carboxylic acids is 1. The summed E-state index contributed by atoms with van der Waals surface area (Å²) in [7, 11) is 1.57. The quantitative estimate of drug-likeness (QED) is 0.864. The smallest absolute Gasteiger partial charge is 0.252 e. The number of hydrogen-bond donors (Lipinski definition) is 1. The van der Waals surface area contributed by atoms with E-state index in [-0.39, 0.29) is 5.91 Å². The van der Waals surface area contributed by atoms with Gasteiger partial charge in [0.2, 0.25) is 0 Å². The Morgan fingerprint density at radius 1 is 1.50 bits per heavy atom. The Labute approximate surface area is 97.8 Å². The topological polar surface area (TPSA) is 46.9 Å². The monoisotopic (exact) mass is 235 g/mol. The van der Waals surface area contributed by atoms with Gasteiger partial charge in [0.15, 0.2) is 0 Å². The van der Waals surface area contributed by atoms with Crippen LogP contribution in [0, 0.1) is 0 Å². The van der Waals surface area contributed by atoms with Crippen LogP contribution in [0.2, 0.25) is 5.02 Å². The third-order valence-electron chi connectivity index (χ3n) is 2.19. The van der Waals surface area contributed by atoms with Crippen LogP contribution >= 0.6 is 11.6 Å². The molecule has 0 radical (unpaired) electrons. The van der Waals surface area contributed by atoms with E-state index in [1.54, 1.807) is 36.1 Å². The molecule has 0 saturated heterocycles. The van der Waals surface area contributed by atoms with Gasteiger partial charge >= 0.3 is 0 Å². The number of halogens is 1. The van der Waals surface area contributed by atoms with Crippen molar-refractivity contribution in [3.05, 3.63) is 47.2 Å². The van der Waals surface area contributed by atoms with Gasteiger partial charge in [-0.1, -0.05) is 11.6 Å². The SMILES string of the molecule is CNC(=O)c1ccc(-n2cccn2)cc1Cl. The van der Waals surface area contributed by atoms with E-state index in [0.29, 0.717) is 10.6 Å². The molecular weight excluding hydrogens is 226 g/mol. The molecule has 16 heavy (non-hydrogen) atoms. The van der Waals surface area contributed by atoms with Crippen LogP contribution in [0.4, 0.5) is 0 Å². The summed E-state index contributed by atoms with van der Waals surface area (Å²) in [5.41, 5.74) is 1.28. The van der Waals surface area contributed by atoms with Gasteiger partial charge < -0.3 is 5.32 Å². The normalized spacial score (nSPS) is 10.1. The van der Waals surface area contributed by atoms with E-state index in [1.807, 2.05) is 12.3 Å². The highest BCUT2D eigenvalue weighted by atomic mass is 35.5. The zero-order chi connectivity index (χ0) is 11.5. The molecule has 0 unspecified atom stereocenters. The molecule has 5 heteroatoms. The zero-order valence-electron chi connectivity index (χ0n) is 8.64. The number of benzene rings is 1. The average molecular weight is 236 g/mol. The van der Waals surface area contributed by atoms with Crippen molar-refractivity contribution in [2.24, 2.45) is 0 Å². The molecule has 1 aromatic carbocycles. The Bertz CT molecular complexity index is 508. The van der Waals surface area contributed by atoms with E-state index in [9.17, 15) is 4.79 Å². The lowest BCUT2D eigenvalue weighted by Gasteiger charge is -2.06. The fourth-order valence-electron chi connectivity index (χ4n) is 1.39. The molecule has 82 valence electrons. The van der Waals surface area contributed by atoms with E-state index in [0.717, 1.165) is 5.69 Å². The van der Waals surface area contributed by atoms with Gasteiger partial charge in [-0.25, -0.2) is 4.68 Å². The maximum Gasteiger partial charge on any atom is 0.252 e. The first-order valence-corrected chi connectivity index (χ1v) is 5.12. The predicted molar refractivity (Wildman–Crippen MR) is 62.0 cm³/mol. The Morgan fingerprint density at radius 2 is 2.31 bits per heavy atom. The molecule has 1 heterocycles. The molecule has 4 nitrogen and oxygen atoms in total. The van der Waals surface area contributed by atoms with Gasteiger partial charge in [-0.3, -0.25) is 4.79 Å². The Morgan fingerprint density at radius 3 is 2.88 bits per heavy atom. The minimum atomic E-state index is -0.197. The molecule has 0 bridgehead atoms. The highest BCUT2D eigenvalue weighted by Crippen LogP contribution is 2.19. The van der Waals surface area contributed by atoms with Gasteiger partial charge in [-0.2, -0.15) is 5.10 Å². The summed E-state index contributed by atoms with van der Waals surface area (Å²) in [6, 6.07) is 7.00. The van der Waals surface area contributed by atoms with Gasteiger partial charge in [-0.05, 0) is 24.3 Å². The van der Waals surface area contributed by atoms with Gasteiger partial charge in [0.1, 0.15) is 0 Å². The molecule has 0 aliphatic rings. The molecule has 1 N–H and O–H groups in total. The number of nitrogens with zero attached hydrogens (tertiary/aromatic N) is 2. The second kappa shape index (κ2) is 4.37. The van der Waals surface area contributed by atoms with Gasteiger partial charge in [0, 0.05) is 19.4 Å². The number of carbonyl (C=O) groups is 1. The lowest BCUT2D eigenvalue weighted by molar-refractivity contribution is 0.0963. The lowest BCUT2D eigenvalue weighted by Crippen LogP contribution is -2.18. The van der Waals surface area contributed by atoms with Crippen LogP contribution in [0.25, 0.3) is 5.69 Å². The summed E-state index contributed by atoms with van der Waals surface area (Å²) < 4.78 is 1.68. The molecule has 0 spiro atoms. The maximum absolute atomic E-state index is 11.4. The first-order chi connectivity index (χ1) is 7.72. The Hall–Kier alpha value is -1.81. The largest absolute Gasteiger partial charge is 0.355 e. The summed E-state index contributed by atoms with van der Waals surface area (Å²) in [5, 5.41) is 7.02. The van der Waals surface area contributed by atoms with E-state index < -0.39 is 0 Å². The first-order valence-electron chi connectivity index (χ1n) is 4.74. The van der Waals surface area contributed by atoms with E-state index in [2.05, 4.69) is 10.4 Å². The van der Waals surface area contributed by atoms with Gasteiger partial charge in [-0.15, -0.1) is 0 Å². The molecule has 0 aliphatic heterocycles. The minimum absolute atomic E-state index is 0.197. The molecule has 0 fully saturated rings. The summed E-state index contributed by atoms with van der Waals surface area (Å²) in [4.78, 5) is 11.4. The Kier molecular flexibility index (Phi) is 2.92. The van der Waals surface area contributed by atoms with Crippen LogP contribution in [-0.4, -0.2) is 22.7 Å². The van der Waals surface area contributed by atoms with Crippen LogP contribution in [0.3, 0.4) is 0 Å². The zero-order valence-corrected chi connectivity index (χ0v) is 9.40. The predicted octanol–water partition coefficient (Wildman–Crippen LogP) is 1.89. The number of nitrogens with one attached hydrogen (secondary N) is 1. The van der Waals surface area contributed by atoms with Crippen molar-refractivity contribution in [1.29, 1.82) is 0 Å². The summed E-state index contributed by atoms with van der Waals surface area (Å²) >= 11 is 6.02. The molecular formula is C11H10ClN3O. The molecule has 1 aromatic heterocycles. The third-order valence-corrected chi connectivity index (χ3v) is 2.51. The first kappa shape index (κ1) is 10.7. The van der Waals surface area contributed by atoms with Crippen molar-refractivity contribution < 1.29 is 4.79 Å². The molecule has 2 rings (SSSR count). The molecule has 1 amide bonds. The van der Waals surface area contributed by atoms with E-state index in [1.165, 1.54) is 0 Å². The van der Waals surface area contributed by atoms with Crippen LogP contribution < -0.4 is 5.32 Å². The molecule has 0 aliphatic carbocycles. The van der Waals surface area contributed by atoms with Crippen LogP contribution in [0.5, 0.6) is 0 Å². The van der Waals surface area contributed by atoms with Crippen molar-refractivity contribution in [1.82, 2.24) is 15.1 Å². The van der Waals surface area contributed by atoms with Gasteiger partial charge in [0.05, 0.1) is 16.3 Å². The highest BCUT2D eigenvalue weighted by molar-refractivity contribution is 6.34. The van der Waals surface area contributed by atoms with Crippen molar-refractivity contribution in [3.8, 4) is 5.69 Å². The van der Waals surface area contributed by atoms with Crippen LogP contribution in [0.15, 0.2) is 36.7 Å². The Balaban J connectivity index is 2.41. The second-order valence-electron chi connectivity index (χ2n) is 3.19. The van der Waals surface area contributed by atoms with Crippen molar-refractivity contribution in [2.45, 2.75) is 0 Å². The number of aromatic nitrogens is 2. The van der Waals surface area contributed by atoms with E-state index in [4.69, 9.17) is 11.6 Å². The van der Waals surface area contributed by atoms with E-state index >= 15 is 0 Å². The number of amides is 1. The minimum Gasteiger partial charge on any atom is -0.355 e. The fraction of sp³-hybridized carbons (Fsp3) is 0.0909. The van der Waals surface area contributed by atoms with Crippen LogP contribution in [-0.2, 0) is 0 Å². The van der Waals surface area contributed by atoms with Crippen molar-refractivity contribution >= 4 is 17.5 Å². The van der Waals surface area contributed by atoms with Crippen LogP contribution in [0.1, 0.15) is 10.4 Å². The number of rotatable bonds is 2.